The number of rotatable bonds is 7. The van der Waals surface area contributed by atoms with E-state index in [1.165, 1.54) is 35.2 Å². The first kappa shape index (κ1) is 20.8. The molecule has 5 heteroatoms. The molecule has 3 aromatic rings. The number of fused-ring (bicyclic) bond motifs is 1. The minimum Gasteiger partial charge on any atom is -0.344 e. The van der Waals surface area contributed by atoms with Gasteiger partial charge in [0.05, 0.1) is 42.9 Å². The maximum Gasteiger partial charge on any atom is 0.136 e. The fourth-order valence-electron chi connectivity index (χ4n) is 4.82. The maximum atomic E-state index is 9.15. The van der Waals surface area contributed by atoms with Crippen LogP contribution in [0.3, 0.4) is 0 Å². The summed E-state index contributed by atoms with van der Waals surface area (Å²) in [5, 5.41) is 9.15. The Morgan fingerprint density at radius 2 is 2.03 bits per heavy atom. The summed E-state index contributed by atoms with van der Waals surface area (Å²) in [4.78, 5) is 7.79. The molecule has 0 bridgehead atoms. The SMILES string of the molecule is CCCC[N@@+]1([C@@H](Cc2ccc(C#N)cc2)c2cnc[nH]2)CCc2ccc(Br)cc2C1. The van der Waals surface area contributed by atoms with Crippen LogP contribution in [0.1, 0.15) is 53.8 Å². The Morgan fingerprint density at radius 3 is 2.73 bits per heavy atom. The number of quaternary nitrogens is 1. The highest BCUT2D eigenvalue weighted by Gasteiger charge is 2.41. The van der Waals surface area contributed by atoms with Crippen LogP contribution < -0.4 is 0 Å². The number of hydrogen-bond acceptors (Lipinski definition) is 2. The van der Waals surface area contributed by atoms with E-state index in [1.807, 2.05) is 18.3 Å². The molecule has 0 saturated carbocycles. The van der Waals surface area contributed by atoms with Crippen molar-refractivity contribution in [3.05, 3.63) is 87.4 Å². The van der Waals surface area contributed by atoms with Crippen molar-refractivity contribution in [1.29, 1.82) is 5.26 Å². The molecule has 0 unspecified atom stereocenters. The molecule has 4 rings (SSSR count). The van der Waals surface area contributed by atoms with Crippen molar-refractivity contribution >= 4 is 15.9 Å². The topological polar surface area (TPSA) is 52.5 Å². The van der Waals surface area contributed by atoms with Gasteiger partial charge in [0.25, 0.3) is 0 Å². The van der Waals surface area contributed by atoms with Crippen LogP contribution in [0, 0.1) is 11.3 Å². The molecule has 2 atom stereocenters. The lowest BCUT2D eigenvalue weighted by Crippen LogP contribution is -2.54. The van der Waals surface area contributed by atoms with Gasteiger partial charge in [-0.25, -0.2) is 4.98 Å². The predicted octanol–water partition coefficient (Wildman–Crippen LogP) is 5.70. The lowest BCUT2D eigenvalue weighted by Gasteiger charge is -2.47. The Bertz CT molecular complexity index is 1020. The van der Waals surface area contributed by atoms with E-state index >= 15 is 0 Å². The van der Waals surface area contributed by atoms with E-state index < -0.39 is 0 Å². The van der Waals surface area contributed by atoms with Crippen molar-refractivity contribution in [3.63, 3.8) is 0 Å². The van der Waals surface area contributed by atoms with Crippen molar-refractivity contribution in [1.82, 2.24) is 9.97 Å². The molecule has 154 valence electrons. The molecule has 1 aliphatic rings. The first-order chi connectivity index (χ1) is 14.6. The molecular formula is C25H28BrN4+. The normalized spacial score (nSPS) is 19.1. The molecule has 0 amide bonds. The van der Waals surface area contributed by atoms with Gasteiger partial charge in [0, 0.05) is 22.9 Å². The Hall–Kier alpha value is -2.42. The number of benzene rings is 2. The van der Waals surface area contributed by atoms with E-state index in [-0.39, 0.29) is 0 Å². The highest BCUT2D eigenvalue weighted by Crippen LogP contribution is 2.38. The minimum atomic E-state index is 0.305. The van der Waals surface area contributed by atoms with Gasteiger partial charge in [-0.2, -0.15) is 5.26 Å². The zero-order valence-corrected chi connectivity index (χ0v) is 19.0. The number of nitrogens with one attached hydrogen (secondary N) is 1. The van der Waals surface area contributed by atoms with Crippen LogP contribution in [-0.2, 0) is 19.4 Å². The number of nitriles is 1. The van der Waals surface area contributed by atoms with Crippen molar-refractivity contribution in [2.24, 2.45) is 0 Å². The lowest BCUT2D eigenvalue weighted by atomic mass is 9.91. The number of aromatic amines is 1. The number of hydrogen-bond donors (Lipinski definition) is 1. The summed E-state index contributed by atoms with van der Waals surface area (Å²) in [7, 11) is 0. The second kappa shape index (κ2) is 9.16. The van der Waals surface area contributed by atoms with Gasteiger partial charge in [0.1, 0.15) is 12.6 Å². The number of unbranched alkanes of at least 4 members (excludes halogenated alkanes) is 1. The third-order valence-corrected chi connectivity index (χ3v) is 6.98. The van der Waals surface area contributed by atoms with Crippen LogP contribution in [0.4, 0.5) is 0 Å². The smallest absolute Gasteiger partial charge is 0.136 e. The van der Waals surface area contributed by atoms with Gasteiger partial charge in [0.15, 0.2) is 0 Å². The third kappa shape index (κ3) is 4.35. The zero-order chi connectivity index (χ0) is 21.0. The van der Waals surface area contributed by atoms with E-state index in [9.17, 15) is 0 Å². The summed E-state index contributed by atoms with van der Waals surface area (Å²) in [5.41, 5.74) is 6.11. The average Bonchev–Trinajstić information content (AvgIpc) is 3.30. The largest absolute Gasteiger partial charge is 0.344 e. The van der Waals surface area contributed by atoms with Crippen LogP contribution >= 0.6 is 15.9 Å². The van der Waals surface area contributed by atoms with E-state index in [1.54, 1.807) is 6.33 Å². The molecular weight excluding hydrogens is 436 g/mol. The van der Waals surface area contributed by atoms with Crippen LogP contribution in [0.2, 0.25) is 0 Å². The summed E-state index contributed by atoms with van der Waals surface area (Å²) in [6.07, 6.45) is 8.23. The number of nitrogens with zero attached hydrogens (tertiary/aromatic N) is 3. The number of H-pyrrole nitrogens is 1. The number of imidazole rings is 1. The van der Waals surface area contributed by atoms with Crippen LogP contribution in [0.5, 0.6) is 0 Å². The van der Waals surface area contributed by atoms with Crippen LogP contribution in [0.25, 0.3) is 0 Å². The Morgan fingerprint density at radius 1 is 1.20 bits per heavy atom. The average molecular weight is 464 g/mol. The molecule has 1 N–H and O–H groups in total. The third-order valence-electron chi connectivity index (χ3n) is 6.49. The quantitative estimate of drug-likeness (QED) is 0.456. The molecule has 1 aliphatic heterocycles. The summed E-state index contributed by atoms with van der Waals surface area (Å²) in [5.74, 6) is 0. The molecule has 2 aromatic carbocycles. The van der Waals surface area contributed by atoms with Crippen molar-refractivity contribution in [2.45, 2.75) is 45.2 Å². The molecule has 0 radical (unpaired) electrons. The Kier molecular flexibility index (Phi) is 6.36. The van der Waals surface area contributed by atoms with E-state index in [4.69, 9.17) is 5.26 Å². The second-order valence-corrected chi connectivity index (χ2v) is 9.29. The van der Waals surface area contributed by atoms with Gasteiger partial charge >= 0.3 is 0 Å². The summed E-state index contributed by atoms with van der Waals surface area (Å²) < 4.78 is 2.20. The van der Waals surface area contributed by atoms with Crippen molar-refractivity contribution in [2.75, 3.05) is 13.1 Å². The van der Waals surface area contributed by atoms with Gasteiger partial charge < -0.3 is 9.47 Å². The molecule has 0 aliphatic carbocycles. The first-order valence-corrected chi connectivity index (χ1v) is 11.5. The van der Waals surface area contributed by atoms with Gasteiger partial charge in [0.2, 0.25) is 0 Å². The second-order valence-electron chi connectivity index (χ2n) is 8.38. The fraction of sp³-hybridized carbons (Fsp3) is 0.360. The standard InChI is InChI=1S/C25H28BrN4/c1-2-3-11-30(12-10-21-8-9-23(26)14-22(21)17-30)25(24-16-28-18-29-24)13-19-4-6-20(15-27)7-5-19/h4-9,14,16,18,25H,2-3,10-13,17H2,1H3,(H,28,29)/q+1/t25-,30+/m0/s1. The van der Waals surface area contributed by atoms with Gasteiger partial charge in [-0.1, -0.05) is 47.5 Å². The Balaban J connectivity index is 1.73. The van der Waals surface area contributed by atoms with Crippen LogP contribution in [-0.4, -0.2) is 27.5 Å². The Labute approximate surface area is 187 Å². The summed E-state index contributed by atoms with van der Waals surface area (Å²) >= 11 is 3.67. The molecule has 0 fully saturated rings. The highest BCUT2D eigenvalue weighted by atomic mass is 79.9. The zero-order valence-electron chi connectivity index (χ0n) is 17.4. The number of halogens is 1. The molecule has 0 saturated heterocycles. The first-order valence-electron chi connectivity index (χ1n) is 10.7. The molecule has 1 aromatic heterocycles. The van der Waals surface area contributed by atoms with Crippen molar-refractivity contribution in [3.8, 4) is 6.07 Å². The van der Waals surface area contributed by atoms with E-state index in [2.05, 4.69) is 69.2 Å². The highest BCUT2D eigenvalue weighted by molar-refractivity contribution is 9.10. The summed E-state index contributed by atoms with van der Waals surface area (Å²) in [6.45, 7) is 5.60. The molecule has 30 heavy (non-hydrogen) atoms. The lowest BCUT2D eigenvalue weighted by molar-refractivity contribution is -0.971. The fourth-order valence-corrected chi connectivity index (χ4v) is 5.23. The van der Waals surface area contributed by atoms with Gasteiger partial charge in [-0.15, -0.1) is 0 Å². The van der Waals surface area contributed by atoms with E-state index in [0.29, 0.717) is 11.6 Å². The number of aromatic nitrogens is 2. The predicted molar refractivity (Wildman–Crippen MR) is 123 cm³/mol. The van der Waals surface area contributed by atoms with Crippen molar-refractivity contribution < 1.29 is 4.48 Å². The van der Waals surface area contributed by atoms with Gasteiger partial charge in [-0.3, -0.25) is 0 Å². The van der Waals surface area contributed by atoms with Crippen LogP contribution in [0.15, 0.2) is 59.5 Å². The summed E-state index contributed by atoms with van der Waals surface area (Å²) in [6, 6.07) is 17.3. The van der Waals surface area contributed by atoms with E-state index in [0.717, 1.165) is 41.4 Å². The monoisotopic (exact) mass is 463 g/mol. The maximum absolute atomic E-state index is 9.15. The molecule has 0 spiro atoms. The molecule has 2 heterocycles. The minimum absolute atomic E-state index is 0.305. The molecule has 4 nitrogen and oxygen atoms in total. The van der Waals surface area contributed by atoms with Gasteiger partial charge in [-0.05, 0) is 41.8 Å².